The van der Waals surface area contributed by atoms with Gasteiger partial charge in [0.05, 0.1) is 22.9 Å². The second-order valence-electron chi connectivity index (χ2n) is 6.54. The van der Waals surface area contributed by atoms with Gasteiger partial charge < -0.3 is 21.5 Å². The Morgan fingerprint density at radius 3 is 2.80 bits per heavy atom. The first-order chi connectivity index (χ1) is 12.2. The van der Waals surface area contributed by atoms with E-state index in [9.17, 15) is 0 Å². The minimum Gasteiger partial charge on any atom is -0.492 e. The number of para-hydroxylation sites is 1. The van der Waals surface area contributed by atoms with E-state index in [0.29, 0.717) is 11.4 Å². The van der Waals surface area contributed by atoms with Gasteiger partial charge in [0.15, 0.2) is 0 Å². The van der Waals surface area contributed by atoms with Crippen LogP contribution < -0.4 is 21.5 Å². The van der Waals surface area contributed by atoms with Crippen molar-refractivity contribution in [1.82, 2.24) is 5.32 Å². The van der Waals surface area contributed by atoms with E-state index >= 15 is 0 Å². The molecule has 0 spiro atoms. The number of hydrogen-bond acceptors (Lipinski definition) is 5. The van der Waals surface area contributed by atoms with E-state index in [1.54, 1.807) is 11.8 Å². The monoisotopic (exact) mass is 357 g/mol. The number of nitrogens with two attached hydrogens (primary N) is 2. The second kappa shape index (κ2) is 9.02. The number of rotatable bonds is 7. The first-order valence-corrected chi connectivity index (χ1v) is 9.79. The lowest BCUT2D eigenvalue weighted by atomic mass is 9.95. The SMILES string of the molecule is Nc1ccc(Sc2ccccc2OCCCC2CCCNC2)cc1N. The van der Waals surface area contributed by atoms with Crippen molar-refractivity contribution in [2.24, 2.45) is 5.92 Å². The first-order valence-electron chi connectivity index (χ1n) is 8.98. The number of nitrogens with one attached hydrogen (secondary N) is 1. The van der Waals surface area contributed by atoms with Gasteiger partial charge in [-0.15, -0.1) is 0 Å². The molecule has 0 saturated carbocycles. The maximum atomic E-state index is 6.06. The Hall–Kier alpha value is -1.85. The van der Waals surface area contributed by atoms with Crippen LogP contribution in [0, 0.1) is 5.92 Å². The Morgan fingerprint density at radius 2 is 2.00 bits per heavy atom. The van der Waals surface area contributed by atoms with Crippen molar-refractivity contribution in [3.8, 4) is 5.75 Å². The van der Waals surface area contributed by atoms with Gasteiger partial charge in [-0.3, -0.25) is 0 Å². The summed E-state index contributed by atoms with van der Waals surface area (Å²) in [6.07, 6.45) is 4.98. The molecule has 0 bridgehead atoms. The third kappa shape index (κ3) is 5.31. The van der Waals surface area contributed by atoms with Crippen molar-refractivity contribution < 1.29 is 4.74 Å². The van der Waals surface area contributed by atoms with E-state index < -0.39 is 0 Å². The van der Waals surface area contributed by atoms with Crippen molar-refractivity contribution in [3.05, 3.63) is 42.5 Å². The fraction of sp³-hybridized carbons (Fsp3) is 0.400. The minimum absolute atomic E-state index is 0.615. The van der Waals surface area contributed by atoms with Crippen LogP contribution in [0.2, 0.25) is 0 Å². The molecule has 2 aromatic rings. The van der Waals surface area contributed by atoms with Crippen LogP contribution >= 0.6 is 11.8 Å². The highest BCUT2D eigenvalue weighted by molar-refractivity contribution is 7.99. The Labute approximate surface area is 154 Å². The molecule has 0 aliphatic carbocycles. The van der Waals surface area contributed by atoms with Crippen molar-refractivity contribution >= 4 is 23.1 Å². The van der Waals surface area contributed by atoms with Gasteiger partial charge in [-0.1, -0.05) is 23.9 Å². The lowest BCUT2D eigenvalue weighted by Crippen LogP contribution is -2.29. The number of benzene rings is 2. The minimum atomic E-state index is 0.615. The summed E-state index contributed by atoms with van der Waals surface area (Å²) in [5, 5.41) is 3.48. The maximum absolute atomic E-state index is 6.06. The summed E-state index contributed by atoms with van der Waals surface area (Å²) in [7, 11) is 0. The van der Waals surface area contributed by atoms with E-state index in [0.717, 1.165) is 41.0 Å². The van der Waals surface area contributed by atoms with Crippen molar-refractivity contribution in [2.45, 2.75) is 35.5 Å². The van der Waals surface area contributed by atoms with Crippen molar-refractivity contribution in [2.75, 3.05) is 31.2 Å². The molecule has 1 heterocycles. The fourth-order valence-electron chi connectivity index (χ4n) is 3.12. The number of piperidine rings is 1. The van der Waals surface area contributed by atoms with Gasteiger partial charge in [0.1, 0.15) is 5.75 Å². The van der Waals surface area contributed by atoms with Gasteiger partial charge in [0.2, 0.25) is 0 Å². The molecule has 1 atom stereocenters. The fourth-order valence-corrected chi connectivity index (χ4v) is 4.07. The molecule has 1 aliphatic rings. The number of hydrogen-bond donors (Lipinski definition) is 3. The molecular formula is C20H27N3OS. The van der Waals surface area contributed by atoms with Gasteiger partial charge in [0, 0.05) is 4.90 Å². The van der Waals surface area contributed by atoms with Gasteiger partial charge in [-0.05, 0) is 75.0 Å². The molecule has 4 nitrogen and oxygen atoms in total. The normalized spacial score (nSPS) is 17.4. The number of ether oxygens (including phenoxy) is 1. The summed E-state index contributed by atoms with van der Waals surface area (Å²) in [5.41, 5.74) is 12.9. The summed E-state index contributed by atoms with van der Waals surface area (Å²) < 4.78 is 6.06. The van der Waals surface area contributed by atoms with Crippen LogP contribution in [0.3, 0.4) is 0 Å². The van der Waals surface area contributed by atoms with E-state index in [-0.39, 0.29) is 0 Å². The van der Waals surface area contributed by atoms with Gasteiger partial charge in [-0.25, -0.2) is 0 Å². The third-order valence-electron chi connectivity index (χ3n) is 4.55. The summed E-state index contributed by atoms with van der Waals surface area (Å²) in [4.78, 5) is 2.17. The summed E-state index contributed by atoms with van der Waals surface area (Å²) in [6, 6.07) is 13.9. The standard InChI is InChI=1S/C20H27N3OS/c21-17-10-9-16(13-18(17)22)25-20-8-2-1-7-19(20)24-12-4-6-15-5-3-11-23-14-15/h1-2,7-10,13,15,23H,3-6,11-12,14,21-22H2. The molecule has 1 saturated heterocycles. The zero-order valence-electron chi connectivity index (χ0n) is 14.5. The highest BCUT2D eigenvalue weighted by Gasteiger charge is 2.12. The quantitative estimate of drug-likeness (QED) is 0.512. The largest absolute Gasteiger partial charge is 0.492 e. The van der Waals surface area contributed by atoms with Gasteiger partial charge in [-0.2, -0.15) is 0 Å². The molecule has 1 fully saturated rings. The van der Waals surface area contributed by atoms with E-state index in [4.69, 9.17) is 16.2 Å². The van der Waals surface area contributed by atoms with E-state index in [2.05, 4.69) is 11.4 Å². The lowest BCUT2D eigenvalue weighted by molar-refractivity contribution is 0.271. The van der Waals surface area contributed by atoms with Gasteiger partial charge in [0.25, 0.3) is 0 Å². The average Bonchev–Trinajstić information content (AvgIpc) is 2.64. The number of nitrogen functional groups attached to an aromatic ring is 2. The Balaban J connectivity index is 1.54. The molecule has 25 heavy (non-hydrogen) atoms. The first kappa shape index (κ1) is 18.0. The zero-order valence-corrected chi connectivity index (χ0v) is 15.4. The average molecular weight is 358 g/mol. The molecule has 2 aromatic carbocycles. The lowest BCUT2D eigenvalue weighted by Gasteiger charge is -2.22. The molecule has 1 unspecified atom stereocenters. The summed E-state index contributed by atoms with van der Waals surface area (Å²) in [5.74, 6) is 1.74. The van der Waals surface area contributed by atoms with E-state index in [1.807, 2.05) is 36.4 Å². The van der Waals surface area contributed by atoms with Crippen molar-refractivity contribution in [1.29, 1.82) is 0 Å². The highest BCUT2D eigenvalue weighted by atomic mass is 32.2. The van der Waals surface area contributed by atoms with Crippen LogP contribution in [-0.4, -0.2) is 19.7 Å². The van der Waals surface area contributed by atoms with Crippen LogP contribution in [0.25, 0.3) is 0 Å². The zero-order chi connectivity index (χ0) is 17.5. The number of anilines is 2. The van der Waals surface area contributed by atoms with Crippen LogP contribution in [0.1, 0.15) is 25.7 Å². The molecule has 0 aromatic heterocycles. The Bertz CT molecular complexity index is 686. The van der Waals surface area contributed by atoms with Crippen molar-refractivity contribution in [3.63, 3.8) is 0 Å². The molecule has 0 radical (unpaired) electrons. The highest BCUT2D eigenvalue weighted by Crippen LogP contribution is 2.36. The Morgan fingerprint density at radius 1 is 1.12 bits per heavy atom. The van der Waals surface area contributed by atoms with E-state index in [1.165, 1.54) is 25.8 Å². The molecule has 5 N–H and O–H groups in total. The molecule has 134 valence electrons. The Kier molecular flexibility index (Phi) is 6.48. The van der Waals surface area contributed by atoms with Crippen LogP contribution in [0.5, 0.6) is 5.75 Å². The molecule has 1 aliphatic heterocycles. The predicted molar refractivity (Wildman–Crippen MR) is 106 cm³/mol. The van der Waals surface area contributed by atoms with Crippen LogP contribution in [0.4, 0.5) is 11.4 Å². The van der Waals surface area contributed by atoms with Crippen LogP contribution in [-0.2, 0) is 0 Å². The molecular weight excluding hydrogens is 330 g/mol. The van der Waals surface area contributed by atoms with Crippen LogP contribution in [0.15, 0.2) is 52.3 Å². The molecule has 0 amide bonds. The predicted octanol–water partition coefficient (Wildman–Crippen LogP) is 4.16. The summed E-state index contributed by atoms with van der Waals surface area (Å²) in [6.45, 7) is 3.09. The topological polar surface area (TPSA) is 73.3 Å². The third-order valence-corrected chi connectivity index (χ3v) is 5.60. The summed E-state index contributed by atoms with van der Waals surface area (Å²) >= 11 is 1.65. The molecule has 5 heteroatoms. The second-order valence-corrected chi connectivity index (χ2v) is 7.66. The smallest absolute Gasteiger partial charge is 0.133 e. The van der Waals surface area contributed by atoms with Gasteiger partial charge >= 0.3 is 0 Å². The maximum Gasteiger partial charge on any atom is 0.133 e. The molecule has 3 rings (SSSR count).